The molecule has 0 radical (unpaired) electrons. The fraction of sp³-hybridized carbons (Fsp3) is 0.588. The van der Waals surface area contributed by atoms with Gasteiger partial charge in [-0.2, -0.15) is 5.26 Å². The van der Waals surface area contributed by atoms with E-state index in [1.165, 1.54) is 0 Å². The molecule has 6 nitrogen and oxygen atoms in total. The molecule has 1 unspecified atom stereocenters. The molecule has 0 aromatic carbocycles. The van der Waals surface area contributed by atoms with Crippen LogP contribution in [0.15, 0.2) is 12.3 Å². The summed E-state index contributed by atoms with van der Waals surface area (Å²) in [7, 11) is -0.693. The van der Waals surface area contributed by atoms with Crippen LogP contribution in [0.25, 0.3) is 0 Å². The van der Waals surface area contributed by atoms with Crippen LogP contribution in [0.3, 0.4) is 0 Å². The van der Waals surface area contributed by atoms with Gasteiger partial charge in [-0.15, -0.1) is 0 Å². The normalized spacial score (nSPS) is 19.8. The highest BCUT2D eigenvalue weighted by Crippen LogP contribution is 2.36. The molecule has 2 rings (SSSR count). The number of pyridine rings is 1. The number of aromatic nitrogens is 1. The molecular formula is C17H23BN2O4. The van der Waals surface area contributed by atoms with Crippen molar-refractivity contribution in [1.82, 2.24) is 4.98 Å². The van der Waals surface area contributed by atoms with Gasteiger partial charge in [-0.25, -0.2) is 4.98 Å². The van der Waals surface area contributed by atoms with E-state index in [0.29, 0.717) is 18.3 Å². The number of hydrogen-bond acceptors (Lipinski definition) is 5. The largest absolute Gasteiger partial charge is 0.497 e. The fourth-order valence-corrected chi connectivity index (χ4v) is 2.57. The van der Waals surface area contributed by atoms with Gasteiger partial charge < -0.3 is 14.4 Å². The van der Waals surface area contributed by atoms with E-state index in [9.17, 15) is 15.2 Å². The van der Waals surface area contributed by atoms with Gasteiger partial charge in [-0.1, -0.05) is 13.0 Å². The first-order valence-electron chi connectivity index (χ1n) is 8.08. The molecule has 1 atom stereocenters. The molecule has 1 aromatic rings. The second-order valence-electron chi connectivity index (χ2n) is 7.13. The summed E-state index contributed by atoms with van der Waals surface area (Å²) in [4.78, 5) is 15.4. The molecule has 0 saturated carbocycles. The maximum absolute atomic E-state index is 11.2. The van der Waals surface area contributed by atoms with Gasteiger partial charge >= 0.3 is 13.1 Å². The Kier molecular flexibility index (Phi) is 5.02. The highest BCUT2D eigenvalue weighted by molar-refractivity contribution is 6.62. The lowest BCUT2D eigenvalue weighted by Crippen LogP contribution is -2.41. The summed E-state index contributed by atoms with van der Waals surface area (Å²) in [6.07, 6.45) is 2.44. The quantitative estimate of drug-likeness (QED) is 0.829. The molecule has 0 amide bonds. The Balaban J connectivity index is 2.35. The van der Waals surface area contributed by atoms with E-state index in [2.05, 4.69) is 11.1 Å². The van der Waals surface area contributed by atoms with Gasteiger partial charge in [-0.05, 0) is 46.1 Å². The van der Waals surface area contributed by atoms with Gasteiger partial charge in [-0.3, -0.25) is 4.79 Å². The van der Waals surface area contributed by atoms with Crippen LogP contribution in [-0.4, -0.2) is 34.4 Å². The van der Waals surface area contributed by atoms with E-state index in [-0.39, 0.29) is 5.69 Å². The van der Waals surface area contributed by atoms with Crippen molar-refractivity contribution in [3.8, 4) is 6.07 Å². The SMILES string of the molecule is CCC(Cc1cnc(C#N)c(B2OC(C)(C)C(C)(C)O2)c1)C(=O)O. The first kappa shape index (κ1) is 18.4. The molecule has 128 valence electrons. The molecule has 1 aliphatic rings. The Morgan fingerprint density at radius 1 is 1.38 bits per heavy atom. The summed E-state index contributed by atoms with van der Waals surface area (Å²) >= 11 is 0. The lowest BCUT2D eigenvalue weighted by Gasteiger charge is -2.32. The third kappa shape index (κ3) is 3.45. The molecule has 0 spiro atoms. The third-order valence-electron chi connectivity index (χ3n) is 4.91. The van der Waals surface area contributed by atoms with Crippen molar-refractivity contribution in [2.45, 2.75) is 58.7 Å². The van der Waals surface area contributed by atoms with Gasteiger partial charge in [0.15, 0.2) is 0 Å². The minimum absolute atomic E-state index is 0.237. The van der Waals surface area contributed by atoms with Crippen molar-refractivity contribution in [2.24, 2.45) is 5.92 Å². The molecule has 1 aliphatic heterocycles. The van der Waals surface area contributed by atoms with Crippen LogP contribution in [0.4, 0.5) is 0 Å². The number of nitrogens with zero attached hydrogens (tertiary/aromatic N) is 2. The van der Waals surface area contributed by atoms with Crippen molar-refractivity contribution in [3.05, 3.63) is 23.5 Å². The molecule has 7 heteroatoms. The van der Waals surface area contributed by atoms with Crippen molar-refractivity contribution < 1.29 is 19.2 Å². The molecule has 24 heavy (non-hydrogen) atoms. The van der Waals surface area contributed by atoms with Gasteiger partial charge in [0.2, 0.25) is 0 Å². The molecule has 1 fully saturated rings. The lowest BCUT2D eigenvalue weighted by molar-refractivity contribution is -0.141. The summed E-state index contributed by atoms with van der Waals surface area (Å²) in [5.74, 6) is -1.31. The number of carboxylic acid groups (broad SMARTS) is 1. The van der Waals surface area contributed by atoms with E-state index >= 15 is 0 Å². The Hall–Kier alpha value is -1.91. The number of aliphatic carboxylic acids is 1. The highest BCUT2D eigenvalue weighted by atomic mass is 16.7. The van der Waals surface area contributed by atoms with Crippen LogP contribution in [0.1, 0.15) is 52.3 Å². The van der Waals surface area contributed by atoms with Crippen LogP contribution in [0, 0.1) is 17.2 Å². The molecule has 2 heterocycles. The van der Waals surface area contributed by atoms with Crippen LogP contribution >= 0.6 is 0 Å². The number of carboxylic acids is 1. The second kappa shape index (κ2) is 6.54. The number of nitriles is 1. The minimum Gasteiger partial charge on any atom is -0.481 e. The van der Waals surface area contributed by atoms with Crippen LogP contribution in [0.5, 0.6) is 0 Å². The zero-order valence-electron chi connectivity index (χ0n) is 14.8. The van der Waals surface area contributed by atoms with Gasteiger partial charge in [0, 0.05) is 11.7 Å². The van der Waals surface area contributed by atoms with Crippen molar-refractivity contribution in [1.29, 1.82) is 5.26 Å². The van der Waals surface area contributed by atoms with Gasteiger partial charge in [0.25, 0.3) is 0 Å². The summed E-state index contributed by atoms with van der Waals surface area (Å²) in [5, 5.41) is 18.6. The molecule has 1 aromatic heterocycles. The van der Waals surface area contributed by atoms with Crippen LogP contribution < -0.4 is 5.46 Å². The number of carbonyl (C=O) groups is 1. The average Bonchev–Trinajstić information content (AvgIpc) is 2.72. The summed E-state index contributed by atoms with van der Waals surface area (Å²) in [5.41, 5.74) is 0.503. The Bertz CT molecular complexity index is 666. The minimum atomic E-state index is -0.834. The molecule has 0 aliphatic carbocycles. The number of rotatable bonds is 5. The van der Waals surface area contributed by atoms with Crippen molar-refractivity contribution >= 4 is 18.6 Å². The van der Waals surface area contributed by atoms with Crippen LogP contribution in [0.2, 0.25) is 0 Å². The second-order valence-corrected chi connectivity index (χ2v) is 7.13. The Morgan fingerprint density at radius 3 is 2.42 bits per heavy atom. The average molecular weight is 330 g/mol. The molecule has 1 N–H and O–H groups in total. The first-order chi connectivity index (χ1) is 11.1. The summed E-state index contributed by atoms with van der Waals surface area (Å²) in [6.45, 7) is 9.59. The smallest absolute Gasteiger partial charge is 0.481 e. The van der Waals surface area contributed by atoms with E-state index in [0.717, 1.165) is 5.56 Å². The number of hydrogen-bond donors (Lipinski definition) is 1. The summed E-state index contributed by atoms with van der Waals surface area (Å²) in [6, 6.07) is 3.83. The van der Waals surface area contributed by atoms with Gasteiger partial charge in [0.1, 0.15) is 11.8 Å². The lowest BCUT2D eigenvalue weighted by atomic mass is 9.77. The Morgan fingerprint density at radius 2 is 1.96 bits per heavy atom. The van der Waals surface area contributed by atoms with Gasteiger partial charge in [0.05, 0.1) is 17.1 Å². The van der Waals surface area contributed by atoms with E-state index in [1.54, 1.807) is 12.3 Å². The zero-order chi connectivity index (χ0) is 18.1. The van der Waals surface area contributed by atoms with Crippen molar-refractivity contribution in [2.75, 3.05) is 0 Å². The maximum atomic E-state index is 11.2. The fourth-order valence-electron chi connectivity index (χ4n) is 2.57. The maximum Gasteiger partial charge on any atom is 0.497 e. The van der Waals surface area contributed by atoms with E-state index in [1.807, 2.05) is 34.6 Å². The van der Waals surface area contributed by atoms with Crippen LogP contribution in [-0.2, 0) is 20.5 Å². The molecule has 1 saturated heterocycles. The van der Waals surface area contributed by atoms with Crippen molar-refractivity contribution in [3.63, 3.8) is 0 Å². The van der Waals surface area contributed by atoms with E-state index in [4.69, 9.17) is 9.31 Å². The Labute approximate surface area is 142 Å². The monoisotopic (exact) mass is 330 g/mol. The molecular weight excluding hydrogens is 307 g/mol. The predicted molar refractivity (Wildman–Crippen MR) is 89.8 cm³/mol. The summed E-state index contributed by atoms with van der Waals surface area (Å²) < 4.78 is 12.0. The highest BCUT2D eigenvalue weighted by Gasteiger charge is 2.52. The third-order valence-corrected chi connectivity index (χ3v) is 4.91. The topological polar surface area (TPSA) is 92.4 Å². The van der Waals surface area contributed by atoms with E-state index < -0.39 is 30.2 Å². The standard InChI is InChI=1S/C17H23BN2O4/c1-6-12(15(21)22)7-11-8-13(14(9-19)20-10-11)18-23-16(2,3)17(4,5)24-18/h8,10,12H,6-7H2,1-5H3,(H,21,22). The zero-order valence-corrected chi connectivity index (χ0v) is 14.8. The first-order valence-corrected chi connectivity index (χ1v) is 8.08. The molecule has 0 bridgehead atoms. The predicted octanol–water partition coefficient (Wildman–Crippen LogP) is 1.91.